The zero-order valence-corrected chi connectivity index (χ0v) is 8.26. The molecule has 0 bridgehead atoms. The van der Waals surface area contributed by atoms with E-state index in [4.69, 9.17) is 10.8 Å². The van der Waals surface area contributed by atoms with Gasteiger partial charge >= 0.3 is 5.97 Å². The molecule has 0 heterocycles. The molecule has 15 heavy (non-hydrogen) atoms. The molecular weight excluding hydrogens is 190 g/mol. The minimum Gasteiger partial charge on any atom is -0.480 e. The Balaban J connectivity index is 2.22. The Bertz CT molecular complexity index is 412. The molecule has 0 radical (unpaired) electrons. The Kier molecular flexibility index (Phi) is 2.56. The first-order valence-electron chi connectivity index (χ1n) is 4.93. The first-order chi connectivity index (χ1) is 7.18. The number of fused-ring (bicyclic) bond motifs is 1. The third-order valence-corrected chi connectivity index (χ3v) is 2.78. The standard InChI is InChI=1S/C12H13NO2/c13-11(12(14)15)10-6-5-8-3-1-2-4-9(8)7-10/h1-6,10-11H,7,13H2,(H,14,15)/t10-,11+/m1/s1. The van der Waals surface area contributed by atoms with Gasteiger partial charge in [0.15, 0.2) is 0 Å². The topological polar surface area (TPSA) is 63.3 Å². The van der Waals surface area contributed by atoms with E-state index < -0.39 is 12.0 Å². The van der Waals surface area contributed by atoms with Gasteiger partial charge in [0.2, 0.25) is 0 Å². The number of aliphatic carboxylic acids is 1. The van der Waals surface area contributed by atoms with Crippen molar-refractivity contribution in [2.24, 2.45) is 11.7 Å². The van der Waals surface area contributed by atoms with Crippen LogP contribution < -0.4 is 5.73 Å². The molecule has 0 saturated carbocycles. The Hall–Kier alpha value is -1.61. The van der Waals surface area contributed by atoms with Crippen LogP contribution in [0.4, 0.5) is 0 Å². The lowest BCUT2D eigenvalue weighted by atomic mass is 9.85. The van der Waals surface area contributed by atoms with Crippen molar-refractivity contribution in [1.29, 1.82) is 0 Å². The minimum absolute atomic E-state index is 0.0996. The molecule has 1 aromatic carbocycles. The van der Waals surface area contributed by atoms with Crippen LogP contribution >= 0.6 is 0 Å². The van der Waals surface area contributed by atoms with Gasteiger partial charge in [-0.1, -0.05) is 36.4 Å². The summed E-state index contributed by atoms with van der Waals surface area (Å²) in [6.45, 7) is 0. The quantitative estimate of drug-likeness (QED) is 0.761. The summed E-state index contributed by atoms with van der Waals surface area (Å²) in [7, 11) is 0. The van der Waals surface area contributed by atoms with Crippen LogP contribution in [0.1, 0.15) is 11.1 Å². The second-order valence-electron chi connectivity index (χ2n) is 3.79. The summed E-state index contributed by atoms with van der Waals surface area (Å²) in [6, 6.07) is 7.16. The second-order valence-corrected chi connectivity index (χ2v) is 3.79. The average molecular weight is 203 g/mol. The number of hydrogen-bond donors (Lipinski definition) is 2. The van der Waals surface area contributed by atoms with Crippen molar-refractivity contribution >= 4 is 12.0 Å². The number of benzene rings is 1. The van der Waals surface area contributed by atoms with Gasteiger partial charge < -0.3 is 10.8 Å². The molecule has 3 nitrogen and oxygen atoms in total. The fraction of sp³-hybridized carbons (Fsp3) is 0.250. The summed E-state index contributed by atoms with van der Waals surface area (Å²) in [6.07, 6.45) is 4.55. The summed E-state index contributed by atoms with van der Waals surface area (Å²) >= 11 is 0. The van der Waals surface area contributed by atoms with Gasteiger partial charge in [0.05, 0.1) is 0 Å². The van der Waals surface area contributed by atoms with Crippen molar-refractivity contribution < 1.29 is 9.90 Å². The number of hydrogen-bond acceptors (Lipinski definition) is 2. The number of carbonyl (C=O) groups is 1. The molecule has 78 valence electrons. The van der Waals surface area contributed by atoms with Crippen LogP contribution in [0.2, 0.25) is 0 Å². The summed E-state index contributed by atoms with van der Waals surface area (Å²) in [4.78, 5) is 10.8. The first kappa shape index (κ1) is 9.93. The summed E-state index contributed by atoms with van der Waals surface area (Å²) in [5, 5.41) is 8.82. The van der Waals surface area contributed by atoms with Gasteiger partial charge in [0.1, 0.15) is 6.04 Å². The van der Waals surface area contributed by atoms with Crippen LogP contribution in [0.5, 0.6) is 0 Å². The molecule has 1 aliphatic rings. The summed E-state index contributed by atoms with van der Waals surface area (Å²) in [5.74, 6) is -1.04. The maximum absolute atomic E-state index is 10.8. The monoisotopic (exact) mass is 203 g/mol. The summed E-state index contributed by atoms with van der Waals surface area (Å²) < 4.78 is 0. The number of rotatable bonds is 2. The van der Waals surface area contributed by atoms with E-state index in [1.54, 1.807) is 0 Å². The number of carboxylic acids is 1. The molecule has 0 spiro atoms. The minimum atomic E-state index is -0.941. The zero-order valence-electron chi connectivity index (χ0n) is 8.26. The van der Waals surface area contributed by atoms with Crippen LogP contribution in [0.25, 0.3) is 6.08 Å². The Morgan fingerprint density at radius 2 is 2.20 bits per heavy atom. The predicted octanol–water partition coefficient (Wildman–Crippen LogP) is 1.28. The van der Waals surface area contributed by atoms with E-state index in [2.05, 4.69) is 0 Å². The Morgan fingerprint density at radius 1 is 1.47 bits per heavy atom. The van der Waals surface area contributed by atoms with Crippen LogP contribution in [0.15, 0.2) is 30.3 Å². The van der Waals surface area contributed by atoms with E-state index in [-0.39, 0.29) is 5.92 Å². The molecule has 0 amide bonds. The van der Waals surface area contributed by atoms with Crippen LogP contribution in [-0.2, 0) is 11.2 Å². The number of carboxylic acid groups (broad SMARTS) is 1. The second kappa shape index (κ2) is 3.87. The molecule has 3 heteroatoms. The van der Waals surface area contributed by atoms with Crippen molar-refractivity contribution in [2.45, 2.75) is 12.5 Å². The van der Waals surface area contributed by atoms with Crippen LogP contribution in [-0.4, -0.2) is 17.1 Å². The van der Waals surface area contributed by atoms with Gasteiger partial charge in [-0.05, 0) is 17.5 Å². The van der Waals surface area contributed by atoms with Crippen molar-refractivity contribution in [1.82, 2.24) is 0 Å². The Labute approximate surface area is 88.2 Å². The third kappa shape index (κ3) is 1.92. The highest BCUT2D eigenvalue weighted by atomic mass is 16.4. The van der Waals surface area contributed by atoms with E-state index >= 15 is 0 Å². The molecular formula is C12H13NO2. The fourth-order valence-electron chi connectivity index (χ4n) is 1.86. The fourth-order valence-corrected chi connectivity index (χ4v) is 1.86. The van der Waals surface area contributed by atoms with Gasteiger partial charge in [0, 0.05) is 5.92 Å². The predicted molar refractivity (Wildman–Crippen MR) is 58.3 cm³/mol. The molecule has 3 N–H and O–H groups in total. The maximum Gasteiger partial charge on any atom is 0.321 e. The van der Waals surface area contributed by atoms with Crippen LogP contribution in [0.3, 0.4) is 0 Å². The molecule has 2 atom stereocenters. The van der Waals surface area contributed by atoms with Gasteiger partial charge in [0.25, 0.3) is 0 Å². The van der Waals surface area contributed by atoms with Crippen molar-refractivity contribution in [3.8, 4) is 0 Å². The Morgan fingerprint density at radius 3 is 2.93 bits per heavy atom. The molecule has 1 aromatic rings. The summed E-state index contributed by atoms with van der Waals surface area (Å²) in [5.41, 5.74) is 7.92. The molecule has 0 fully saturated rings. The average Bonchev–Trinajstić information content (AvgIpc) is 2.27. The van der Waals surface area contributed by atoms with Gasteiger partial charge in [-0.3, -0.25) is 4.79 Å². The molecule has 0 aromatic heterocycles. The zero-order chi connectivity index (χ0) is 10.8. The third-order valence-electron chi connectivity index (χ3n) is 2.78. The van der Waals surface area contributed by atoms with Gasteiger partial charge in [-0.2, -0.15) is 0 Å². The highest BCUT2D eigenvalue weighted by Gasteiger charge is 2.24. The highest BCUT2D eigenvalue weighted by Crippen LogP contribution is 2.24. The van der Waals surface area contributed by atoms with E-state index in [9.17, 15) is 4.79 Å². The highest BCUT2D eigenvalue weighted by molar-refractivity contribution is 5.74. The van der Waals surface area contributed by atoms with Crippen LogP contribution in [0, 0.1) is 5.92 Å². The molecule has 1 aliphatic carbocycles. The van der Waals surface area contributed by atoms with E-state index in [0.29, 0.717) is 6.42 Å². The molecule has 0 saturated heterocycles. The van der Waals surface area contributed by atoms with Gasteiger partial charge in [-0.25, -0.2) is 0 Å². The van der Waals surface area contributed by atoms with Crippen molar-refractivity contribution in [3.05, 3.63) is 41.5 Å². The largest absolute Gasteiger partial charge is 0.480 e. The van der Waals surface area contributed by atoms with E-state index in [0.717, 1.165) is 5.56 Å². The lowest BCUT2D eigenvalue weighted by molar-refractivity contribution is -0.139. The molecule has 0 aliphatic heterocycles. The first-order valence-corrected chi connectivity index (χ1v) is 4.93. The van der Waals surface area contributed by atoms with Gasteiger partial charge in [-0.15, -0.1) is 0 Å². The van der Waals surface area contributed by atoms with E-state index in [1.807, 2.05) is 36.4 Å². The SMILES string of the molecule is N[C@H](C(=O)O)[C@@H]1C=Cc2ccccc2C1. The normalized spacial score (nSPS) is 20.7. The molecule has 0 unspecified atom stereocenters. The molecule has 2 rings (SSSR count). The lowest BCUT2D eigenvalue weighted by Crippen LogP contribution is -2.38. The number of nitrogens with two attached hydrogens (primary N) is 1. The van der Waals surface area contributed by atoms with E-state index in [1.165, 1.54) is 5.56 Å². The lowest BCUT2D eigenvalue weighted by Gasteiger charge is -2.22. The van der Waals surface area contributed by atoms with Crippen molar-refractivity contribution in [2.75, 3.05) is 0 Å². The smallest absolute Gasteiger partial charge is 0.321 e. The maximum atomic E-state index is 10.8. The van der Waals surface area contributed by atoms with Crippen molar-refractivity contribution in [3.63, 3.8) is 0 Å².